The summed E-state index contributed by atoms with van der Waals surface area (Å²) in [5.74, 6) is 1.88. The van der Waals surface area contributed by atoms with Gasteiger partial charge < -0.3 is 14.5 Å². The lowest BCUT2D eigenvalue weighted by atomic mass is 10.1. The summed E-state index contributed by atoms with van der Waals surface area (Å²) in [6.45, 7) is 2.18. The Hall–Kier alpha value is -3.08. The first kappa shape index (κ1) is 16.4. The molecule has 26 heavy (non-hydrogen) atoms. The molecule has 0 aliphatic heterocycles. The number of pyridine rings is 1. The number of carbonyl (C=O) groups excluding carboxylic acids is 1. The van der Waals surface area contributed by atoms with Crippen LogP contribution in [0.5, 0.6) is 5.75 Å². The minimum atomic E-state index is -0.324. The second-order valence-corrected chi connectivity index (χ2v) is 6.46. The highest BCUT2D eigenvalue weighted by Crippen LogP contribution is 2.26. The van der Waals surface area contributed by atoms with Crippen molar-refractivity contribution >= 4 is 11.7 Å². The summed E-state index contributed by atoms with van der Waals surface area (Å²) in [6.07, 6.45) is 5.12. The summed E-state index contributed by atoms with van der Waals surface area (Å²) < 4.78 is 11.4. The van der Waals surface area contributed by atoms with E-state index in [1.807, 2.05) is 25.1 Å². The molecule has 4 rings (SSSR count). The van der Waals surface area contributed by atoms with Crippen LogP contribution in [0.4, 0.5) is 5.82 Å². The maximum Gasteiger partial charge on any atom is 0.292 e. The van der Waals surface area contributed by atoms with Crippen LogP contribution in [-0.2, 0) is 19.4 Å². The molecule has 1 aromatic carbocycles. The Balaban J connectivity index is 1.38. The molecule has 3 aromatic rings. The normalized spacial score (nSPS) is 12.7. The van der Waals surface area contributed by atoms with E-state index in [-0.39, 0.29) is 18.3 Å². The molecule has 1 N–H and O–H groups in total. The van der Waals surface area contributed by atoms with Crippen molar-refractivity contribution in [1.82, 2.24) is 4.98 Å². The Morgan fingerprint density at radius 3 is 2.96 bits per heavy atom. The van der Waals surface area contributed by atoms with Crippen molar-refractivity contribution in [1.29, 1.82) is 0 Å². The minimum Gasteiger partial charge on any atom is -0.486 e. The number of carbonyl (C=O) groups is 1. The number of amides is 1. The van der Waals surface area contributed by atoms with Gasteiger partial charge in [-0.3, -0.25) is 4.79 Å². The molecule has 1 aliphatic carbocycles. The van der Waals surface area contributed by atoms with Gasteiger partial charge in [-0.1, -0.05) is 12.1 Å². The quantitative estimate of drug-likeness (QED) is 0.746. The average molecular weight is 348 g/mol. The molecule has 0 saturated heterocycles. The van der Waals surface area contributed by atoms with E-state index in [0.29, 0.717) is 11.6 Å². The number of anilines is 1. The number of hydrogen-bond acceptors (Lipinski definition) is 4. The van der Waals surface area contributed by atoms with Crippen molar-refractivity contribution < 1.29 is 13.9 Å². The van der Waals surface area contributed by atoms with Gasteiger partial charge in [0.2, 0.25) is 0 Å². The number of ether oxygens (including phenoxy) is 1. The molecule has 1 aliphatic rings. The molecular weight excluding hydrogens is 328 g/mol. The molecule has 2 aromatic heterocycles. The van der Waals surface area contributed by atoms with Crippen molar-refractivity contribution in [2.75, 3.05) is 5.32 Å². The van der Waals surface area contributed by atoms with Gasteiger partial charge in [-0.05, 0) is 73.2 Å². The Kier molecular flexibility index (Phi) is 4.44. The summed E-state index contributed by atoms with van der Waals surface area (Å²) in [6, 6.07) is 13.3. The van der Waals surface area contributed by atoms with Crippen LogP contribution in [0.3, 0.4) is 0 Å². The van der Waals surface area contributed by atoms with Crippen LogP contribution >= 0.6 is 0 Å². The smallest absolute Gasteiger partial charge is 0.292 e. The standard InChI is InChI=1S/C21H20N2O3/c1-14-4-3-11-22-20(14)23-21(24)19-10-9-18(26-19)13-25-17-8-7-15-5-2-6-16(15)12-17/h3-4,7-12H,2,5-6,13H2,1H3,(H,22,23,24). The zero-order chi connectivity index (χ0) is 17.9. The number of benzene rings is 1. The fraction of sp³-hybridized carbons (Fsp3) is 0.238. The van der Waals surface area contributed by atoms with Crippen molar-refractivity contribution in [2.45, 2.75) is 32.8 Å². The Morgan fingerprint density at radius 2 is 2.08 bits per heavy atom. The topological polar surface area (TPSA) is 64.4 Å². The highest BCUT2D eigenvalue weighted by atomic mass is 16.5. The number of furan rings is 1. The van der Waals surface area contributed by atoms with Crippen molar-refractivity contribution in [2.24, 2.45) is 0 Å². The summed E-state index contributed by atoms with van der Waals surface area (Å²) >= 11 is 0. The van der Waals surface area contributed by atoms with Crippen LogP contribution < -0.4 is 10.1 Å². The molecule has 0 bridgehead atoms. The lowest BCUT2D eigenvalue weighted by Gasteiger charge is -2.07. The maximum absolute atomic E-state index is 12.3. The third-order valence-corrected chi connectivity index (χ3v) is 4.58. The zero-order valence-electron chi connectivity index (χ0n) is 14.6. The Bertz CT molecular complexity index is 946. The van der Waals surface area contributed by atoms with Crippen LogP contribution in [0, 0.1) is 6.92 Å². The van der Waals surface area contributed by atoms with Gasteiger partial charge in [0.1, 0.15) is 23.9 Å². The van der Waals surface area contributed by atoms with E-state index >= 15 is 0 Å². The van der Waals surface area contributed by atoms with E-state index in [4.69, 9.17) is 9.15 Å². The monoisotopic (exact) mass is 348 g/mol. The summed E-state index contributed by atoms with van der Waals surface area (Å²) in [5.41, 5.74) is 3.68. The highest BCUT2D eigenvalue weighted by Gasteiger charge is 2.14. The molecule has 0 atom stereocenters. The van der Waals surface area contributed by atoms with E-state index in [2.05, 4.69) is 22.4 Å². The fourth-order valence-corrected chi connectivity index (χ4v) is 3.16. The molecule has 2 heterocycles. The number of nitrogens with one attached hydrogen (secondary N) is 1. The van der Waals surface area contributed by atoms with Crippen LogP contribution in [0.1, 0.15) is 39.4 Å². The molecule has 0 saturated carbocycles. The van der Waals surface area contributed by atoms with E-state index in [0.717, 1.165) is 24.2 Å². The number of aryl methyl sites for hydroxylation is 3. The third kappa shape index (κ3) is 3.47. The summed E-state index contributed by atoms with van der Waals surface area (Å²) in [5, 5.41) is 2.76. The SMILES string of the molecule is Cc1cccnc1NC(=O)c1ccc(COc2ccc3c(c2)CCC3)o1. The third-order valence-electron chi connectivity index (χ3n) is 4.58. The molecule has 5 heteroatoms. The van der Waals surface area contributed by atoms with E-state index < -0.39 is 0 Å². The van der Waals surface area contributed by atoms with Crippen LogP contribution in [0.15, 0.2) is 53.1 Å². The van der Waals surface area contributed by atoms with E-state index in [1.54, 1.807) is 18.3 Å². The number of aromatic nitrogens is 1. The van der Waals surface area contributed by atoms with Crippen LogP contribution in [0.2, 0.25) is 0 Å². The molecule has 5 nitrogen and oxygen atoms in total. The highest BCUT2D eigenvalue weighted by molar-refractivity contribution is 6.02. The minimum absolute atomic E-state index is 0.239. The molecule has 0 unspecified atom stereocenters. The Morgan fingerprint density at radius 1 is 1.19 bits per heavy atom. The second kappa shape index (κ2) is 7.04. The first-order chi connectivity index (χ1) is 12.7. The van der Waals surface area contributed by atoms with Gasteiger partial charge in [0.05, 0.1) is 0 Å². The Labute approximate surface area is 152 Å². The van der Waals surface area contributed by atoms with Gasteiger partial charge in [0, 0.05) is 6.20 Å². The van der Waals surface area contributed by atoms with Gasteiger partial charge in [-0.15, -0.1) is 0 Å². The summed E-state index contributed by atoms with van der Waals surface area (Å²) in [7, 11) is 0. The lowest BCUT2D eigenvalue weighted by molar-refractivity contribution is 0.0992. The molecule has 0 fully saturated rings. The fourth-order valence-electron chi connectivity index (χ4n) is 3.16. The van der Waals surface area contributed by atoms with Gasteiger partial charge in [-0.2, -0.15) is 0 Å². The van der Waals surface area contributed by atoms with Crippen LogP contribution in [0.25, 0.3) is 0 Å². The predicted octanol–water partition coefficient (Wildman–Crippen LogP) is 4.30. The van der Waals surface area contributed by atoms with E-state index in [1.165, 1.54) is 17.5 Å². The lowest BCUT2D eigenvalue weighted by Crippen LogP contribution is -2.13. The van der Waals surface area contributed by atoms with Gasteiger partial charge in [0.15, 0.2) is 5.76 Å². The van der Waals surface area contributed by atoms with Gasteiger partial charge in [0.25, 0.3) is 5.91 Å². The molecule has 132 valence electrons. The molecule has 0 radical (unpaired) electrons. The van der Waals surface area contributed by atoms with Gasteiger partial charge >= 0.3 is 0 Å². The number of rotatable bonds is 5. The predicted molar refractivity (Wildman–Crippen MR) is 98.4 cm³/mol. The van der Waals surface area contributed by atoms with Crippen LogP contribution in [-0.4, -0.2) is 10.9 Å². The van der Waals surface area contributed by atoms with Gasteiger partial charge in [-0.25, -0.2) is 4.98 Å². The average Bonchev–Trinajstić information content (AvgIpc) is 3.30. The summed E-state index contributed by atoms with van der Waals surface area (Å²) in [4.78, 5) is 16.5. The number of nitrogens with zero attached hydrogens (tertiary/aromatic N) is 1. The second-order valence-electron chi connectivity index (χ2n) is 6.46. The van der Waals surface area contributed by atoms with Crippen molar-refractivity contribution in [3.63, 3.8) is 0 Å². The van der Waals surface area contributed by atoms with E-state index in [9.17, 15) is 4.79 Å². The zero-order valence-corrected chi connectivity index (χ0v) is 14.6. The number of fused-ring (bicyclic) bond motifs is 1. The maximum atomic E-state index is 12.3. The first-order valence-corrected chi connectivity index (χ1v) is 8.75. The molecule has 0 spiro atoms. The molecular formula is C21H20N2O3. The first-order valence-electron chi connectivity index (χ1n) is 8.75. The largest absolute Gasteiger partial charge is 0.486 e. The van der Waals surface area contributed by atoms with Crippen molar-refractivity contribution in [3.8, 4) is 5.75 Å². The number of hydrogen-bond donors (Lipinski definition) is 1. The van der Waals surface area contributed by atoms with Crippen molar-refractivity contribution in [3.05, 3.63) is 76.9 Å². The molecule has 1 amide bonds.